The Bertz CT molecular complexity index is 586. The van der Waals surface area contributed by atoms with Gasteiger partial charge in [-0.2, -0.15) is 4.39 Å². The van der Waals surface area contributed by atoms with Gasteiger partial charge in [0.1, 0.15) is 0 Å². The quantitative estimate of drug-likeness (QED) is 0.348. The van der Waals surface area contributed by atoms with Crippen molar-refractivity contribution in [1.29, 1.82) is 0 Å². The number of hydrogen-bond acceptors (Lipinski definition) is 4. The van der Waals surface area contributed by atoms with Crippen molar-refractivity contribution in [3.63, 3.8) is 0 Å². The van der Waals surface area contributed by atoms with Gasteiger partial charge in [0.25, 0.3) is 0 Å². The Balaban J connectivity index is 0.000000546. The number of rotatable bonds is 7. The third-order valence-corrected chi connectivity index (χ3v) is 2.79. The van der Waals surface area contributed by atoms with Crippen molar-refractivity contribution in [3.8, 4) is 0 Å². The van der Waals surface area contributed by atoms with E-state index in [1.54, 1.807) is 52.0 Å². The van der Waals surface area contributed by atoms with Crippen LogP contribution < -0.4 is 5.32 Å². The molecule has 0 aliphatic heterocycles. The van der Waals surface area contributed by atoms with Gasteiger partial charge in [-0.1, -0.05) is 24.3 Å². The minimum atomic E-state index is -1.02. The van der Waals surface area contributed by atoms with E-state index >= 15 is 0 Å². The summed E-state index contributed by atoms with van der Waals surface area (Å²) in [4.78, 5) is 13.8. The number of nitrogens with one attached hydrogen (secondary N) is 1. The number of pyridine rings is 1. The lowest BCUT2D eigenvalue weighted by atomic mass is 9.74. The normalized spacial score (nSPS) is 11.2. The molecule has 1 amide bonds. The lowest BCUT2D eigenvalue weighted by Crippen LogP contribution is -2.23. The van der Waals surface area contributed by atoms with Crippen LogP contribution >= 0.6 is 0 Å². The number of carbonyl (C=O) groups excluding carboxylic acids is 1. The summed E-state index contributed by atoms with van der Waals surface area (Å²) in [5.74, 6) is -0.412. The van der Waals surface area contributed by atoms with Crippen LogP contribution in [0.15, 0.2) is 53.7 Å². The first-order valence-electron chi connectivity index (χ1n) is 7.48. The third kappa shape index (κ3) is 9.02. The molecule has 1 aromatic heterocycles. The minimum absolute atomic E-state index is 0.401. The van der Waals surface area contributed by atoms with Crippen LogP contribution in [-0.4, -0.2) is 30.1 Å². The average molecular weight is 334 g/mol. The standard InChI is InChI=1S/C11H18BNO3.C6H6FN/c1-5-10(13-8-14)7-11(9(3)4)12(15)16-6-2;1-5-3-2-4-6(7)8-5/h5,7-8,15H,3,6H2,1-2,4H3,(H,13,14);2-4H,1H3/b10-5+,11-7+;. The fourth-order valence-corrected chi connectivity index (χ4v) is 1.61. The van der Waals surface area contributed by atoms with Gasteiger partial charge >= 0.3 is 7.12 Å². The molecule has 0 aliphatic carbocycles. The molecule has 5 nitrogen and oxygen atoms in total. The van der Waals surface area contributed by atoms with Gasteiger partial charge in [-0.3, -0.25) is 4.79 Å². The van der Waals surface area contributed by atoms with Gasteiger partial charge in [0.15, 0.2) is 0 Å². The minimum Gasteiger partial charge on any atom is -0.423 e. The highest BCUT2D eigenvalue weighted by molar-refractivity contribution is 6.53. The van der Waals surface area contributed by atoms with Crippen molar-refractivity contribution >= 4 is 13.5 Å². The molecule has 0 unspecified atom stereocenters. The maximum Gasteiger partial charge on any atom is 0.491 e. The van der Waals surface area contributed by atoms with Gasteiger partial charge in [-0.15, -0.1) is 0 Å². The lowest BCUT2D eigenvalue weighted by molar-refractivity contribution is -0.108. The molecule has 1 aromatic rings. The lowest BCUT2D eigenvalue weighted by Gasteiger charge is -2.11. The van der Waals surface area contributed by atoms with Crippen LogP contribution in [0.1, 0.15) is 26.5 Å². The van der Waals surface area contributed by atoms with Crippen LogP contribution in [-0.2, 0) is 9.45 Å². The average Bonchev–Trinajstić information content (AvgIpc) is 2.51. The number of aromatic nitrogens is 1. The zero-order chi connectivity index (χ0) is 18.5. The number of aryl methyl sites for hydroxylation is 1. The summed E-state index contributed by atoms with van der Waals surface area (Å²) in [7, 11) is -1.02. The monoisotopic (exact) mass is 334 g/mol. The summed E-state index contributed by atoms with van der Waals surface area (Å²) >= 11 is 0. The van der Waals surface area contributed by atoms with Crippen molar-refractivity contribution in [2.24, 2.45) is 0 Å². The second-order valence-corrected chi connectivity index (χ2v) is 4.80. The van der Waals surface area contributed by atoms with Gasteiger partial charge in [-0.25, -0.2) is 4.98 Å². The number of hydrogen-bond donors (Lipinski definition) is 2. The molecule has 1 rings (SSSR count). The van der Waals surface area contributed by atoms with Gasteiger partial charge in [0, 0.05) is 18.0 Å². The van der Waals surface area contributed by atoms with E-state index in [-0.39, 0.29) is 0 Å². The maximum atomic E-state index is 12.1. The van der Waals surface area contributed by atoms with E-state index in [0.717, 1.165) is 0 Å². The predicted molar refractivity (Wildman–Crippen MR) is 94.4 cm³/mol. The molecular formula is C17H24BFN2O3. The Morgan fingerprint density at radius 1 is 1.54 bits per heavy atom. The zero-order valence-electron chi connectivity index (χ0n) is 14.5. The Hall–Kier alpha value is -2.25. The summed E-state index contributed by atoms with van der Waals surface area (Å²) < 4.78 is 17.1. The molecule has 0 saturated heterocycles. The number of amides is 1. The molecular weight excluding hydrogens is 310 g/mol. The van der Waals surface area contributed by atoms with E-state index in [4.69, 9.17) is 4.65 Å². The summed E-state index contributed by atoms with van der Waals surface area (Å²) in [6.45, 7) is 11.2. The van der Waals surface area contributed by atoms with Gasteiger partial charge in [0.05, 0.1) is 0 Å². The van der Waals surface area contributed by atoms with E-state index in [0.29, 0.717) is 35.5 Å². The molecule has 1 heterocycles. The van der Waals surface area contributed by atoms with E-state index < -0.39 is 13.1 Å². The molecule has 24 heavy (non-hydrogen) atoms. The summed E-state index contributed by atoms with van der Waals surface area (Å²) in [5, 5.41) is 12.2. The van der Waals surface area contributed by atoms with Gasteiger partial charge < -0.3 is 15.0 Å². The van der Waals surface area contributed by atoms with E-state index in [1.807, 2.05) is 0 Å². The molecule has 0 saturated carbocycles. The topological polar surface area (TPSA) is 71.5 Å². The van der Waals surface area contributed by atoms with Crippen molar-refractivity contribution in [3.05, 3.63) is 65.3 Å². The first kappa shape index (κ1) is 21.8. The summed E-state index contributed by atoms with van der Waals surface area (Å²) in [5.41, 5.74) is 2.54. The fraction of sp³-hybridized carbons (Fsp3) is 0.294. The second kappa shape index (κ2) is 12.2. The van der Waals surface area contributed by atoms with Crippen LogP contribution in [0.5, 0.6) is 0 Å². The zero-order valence-corrected chi connectivity index (χ0v) is 14.5. The van der Waals surface area contributed by atoms with E-state index in [9.17, 15) is 14.2 Å². The van der Waals surface area contributed by atoms with Gasteiger partial charge in [-0.05, 0) is 51.4 Å². The highest BCUT2D eigenvalue weighted by Gasteiger charge is 2.19. The van der Waals surface area contributed by atoms with Crippen LogP contribution in [0.4, 0.5) is 4.39 Å². The molecule has 0 spiro atoms. The highest BCUT2D eigenvalue weighted by Crippen LogP contribution is 2.12. The van der Waals surface area contributed by atoms with E-state index in [1.165, 1.54) is 6.07 Å². The van der Waals surface area contributed by atoms with Crippen LogP contribution in [0.3, 0.4) is 0 Å². The Labute approximate surface area is 143 Å². The van der Waals surface area contributed by atoms with E-state index in [2.05, 4.69) is 16.9 Å². The van der Waals surface area contributed by atoms with Crippen molar-refractivity contribution in [2.45, 2.75) is 27.7 Å². The summed E-state index contributed by atoms with van der Waals surface area (Å²) in [6, 6.07) is 4.72. The molecule has 7 heteroatoms. The van der Waals surface area contributed by atoms with Crippen molar-refractivity contribution in [2.75, 3.05) is 6.61 Å². The van der Waals surface area contributed by atoms with Crippen LogP contribution in [0.2, 0.25) is 0 Å². The Morgan fingerprint density at radius 3 is 2.58 bits per heavy atom. The van der Waals surface area contributed by atoms with Crippen molar-refractivity contribution in [1.82, 2.24) is 10.3 Å². The Morgan fingerprint density at radius 2 is 2.21 bits per heavy atom. The molecule has 130 valence electrons. The molecule has 0 aromatic carbocycles. The smallest absolute Gasteiger partial charge is 0.423 e. The number of allylic oxidation sites excluding steroid dienone is 4. The molecule has 0 radical (unpaired) electrons. The SMILES string of the molecule is C=C(C)/C(=C\C(=C/C)NC=O)B(O)OCC.Cc1cccc(F)n1. The molecule has 0 atom stereocenters. The number of nitrogens with zero attached hydrogens (tertiary/aromatic N) is 1. The largest absolute Gasteiger partial charge is 0.491 e. The number of carbonyl (C=O) groups is 1. The fourth-order valence-electron chi connectivity index (χ4n) is 1.61. The van der Waals surface area contributed by atoms with Gasteiger partial charge in [0.2, 0.25) is 12.4 Å². The third-order valence-electron chi connectivity index (χ3n) is 2.79. The highest BCUT2D eigenvalue weighted by atomic mass is 19.1. The van der Waals surface area contributed by atoms with Crippen LogP contribution in [0.25, 0.3) is 0 Å². The number of halogens is 1. The van der Waals surface area contributed by atoms with Crippen LogP contribution in [0, 0.1) is 12.9 Å². The molecule has 0 bridgehead atoms. The Kier molecular flexibility index (Phi) is 11.1. The van der Waals surface area contributed by atoms with Crippen molar-refractivity contribution < 1.29 is 18.9 Å². The molecule has 2 N–H and O–H groups in total. The summed E-state index contributed by atoms with van der Waals surface area (Å²) in [6.07, 6.45) is 3.93. The first-order valence-corrected chi connectivity index (χ1v) is 7.48. The second-order valence-electron chi connectivity index (χ2n) is 4.80. The molecule has 0 fully saturated rings. The molecule has 0 aliphatic rings. The first-order chi connectivity index (χ1) is 11.3. The predicted octanol–water partition coefficient (Wildman–Crippen LogP) is 2.72. The maximum absolute atomic E-state index is 12.1.